The van der Waals surface area contributed by atoms with Crippen molar-refractivity contribution in [3.63, 3.8) is 0 Å². The van der Waals surface area contributed by atoms with Gasteiger partial charge in [-0.05, 0) is 36.2 Å². The van der Waals surface area contributed by atoms with Gasteiger partial charge in [0.1, 0.15) is 11.9 Å². The van der Waals surface area contributed by atoms with Gasteiger partial charge >= 0.3 is 0 Å². The van der Waals surface area contributed by atoms with Gasteiger partial charge in [0.25, 0.3) is 0 Å². The van der Waals surface area contributed by atoms with Gasteiger partial charge in [-0.2, -0.15) is 0 Å². The number of aliphatic hydroxyl groups excluding tert-OH is 1. The first kappa shape index (κ1) is 14.8. The van der Waals surface area contributed by atoms with Crippen molar-refractivity contribution < 1.29 is 14.3 Å². The lowest BCUT2D eigenvalue weighted by atomic mass is 10.1. The maximum atomic E-state index is 11.7. The topological polar surface area (TPSA) is 62.5 Å². The van der Waals surface area contributed by atoms with Crippen molar-refractivity contribution >= 4 is 21.8 Å². The van der Waals surface area contributed by atoms with E-state index in [0.29, 0.717) is 18.6 Å². The number of aliphatic hydroxyl groups is 1. The van der Waals surface area contributed by atoms with Crippen molar-refractivity contribution in [1.82, 2.24) is 5.32 Å². The van der Waals surface area contributed by atoms with Crippen LogP contribution < -0.4 is 5.32 Å². The van der Waals surface area contributed by atoms with Crippen molar-refractivity contribution in [3.05, 3.63) is 58.5 Å². The van der Waals surface area contributed by atoms with Crippen molar-refractivity contribution in [2.75, 3.05) is 6.54 Å². The molecule has 2 aromatic rings. The van der Waals surface area contributed by atoms with Crippen molar-refractivity contribution in [1.29, 1.82) is 0 Å². The first-order chi connectivity index (χ1) is 9.65. The fourth-order valence-electron chi connectivity index (χ4n) is 1.79. The van der Waals surface area contributed by atoms with Gasteiger partial charge in [0.05, 0.1) is 12.8 Å². The lowest BCUT2D eigenvalue weighted by Gasteiger charge is -2.09. The molecule has 0 saturated carbocycles. The van der Waals surface area contributed by atoms with Gasteiger partial charge in [-0.1, -0.05) is 28.1 Å². The van der Waals surface area contributed by atoms with Crippen LogP contribution in [0.15, 0.2) is 51.6 Å². The lowest BCUT2D eigenvalue weighted by molar-refractivity contribution is -0.121. The van der Waals surface area contributed by atoms with E-state index in [1.807, 2.05) is 24.3 Å². The highest BCUT2D eigenvalue weighted by Gasteiger charge is 2.11. The summed E-state index contributed by atoms with van der Waals surface area (Å²) in [5, 5.41) is 12.5. The standard InChI is InChI=1S/C15H16BrNO3/c16-12-6-3-11(4-7-12)5-8-15(19)17-10-13(18)14-2-1-9-20-14/h1-4,6-7,9,13,18H,5,8,10H2,(H,17,19)/t13-/m1/s1. The summed E-state index contributed by atoms with van der Waals surface area (Å²) in [4.78, 5) is 11.7. The van der Waals surface area contributed by atoms with Crippen LogP contribution in [0.3, 0.4) is 0 Å². The van der Waals surface area contributed by atoms with Gasteiger partial charge in [-0.25, -0.2) is 0 Å². The van der Waals surface area contributed by atoms with Crippen LogP contribution in [0, 0.1) is 0 Å². The zero-order chi connectivity index (χ0) is 14.4. The SMILES string of the molecule is O=C(CCc1ccc(Br)cc1)NC[C@@H](O)c1ccco1. The van der Waals surface area contributed by atoms with Crippen LogP contribution in [-0.4, -0.2) is 17.6 Å². The molecule has 0 bridgehead atoms. The Morgan fingerprint density at radius 3 is 2.70 bits per heavy atom. The molecule has 5 heteroatoms. The van der Waals surface area contributed by atoms with Crippen molar-refractivity contribution in [3.8, 4) is 0 Å². The first-order valence-electron chi connectivity index (χ1n) is 6.38. The number of amides is 1. The number of halogens is 1. The number of carbonyl (C=O) groups is 1. The molecule has 2 rings (SSSR count). The monoisotopic (exact) mass is 337 g/mol. The highest BCUT2D eigenvalue weighted by Crippen LogP contribution is 2.13. The Morgan fingerprint density at radius 1 is 1.30 bits per heavy atom. The van der Waals surface area contributed by atoms with E-state index in [2.05, 4.69) is 21.2 Å². The minimum absolute atomic E-state index is 0.0847. The predicted octanol–water partition coefficient (Wildman–Crippen LogP) is 2.82. The Kier molecular flexibility index (Phi) is 5.38. The highest BCUT2D eigenvalue weighted by atomic mass is 79.9. The molecular formula is C15H16BrNO3. The number of nitrogens with one attached hydrogen (secondary N) is 1. The third kappa shape index (κ3) is 4.51. The predicted molar refractivity (Wildman–Crippen MR) is 79.1 cm³/mol. The summed E-state index contributed by atoms with van der Waals surface area (Å²) in [5.41, 5.74) is 1.11. The fraction of sp³-hybridized carbons (Fsp3) is 0.267. The van der Waals surface area contributed by atoms with Crippen LogP contribution in [0.1, 0.15) is 23.8 Å². The second-order valence-corrected chi connectivity index (χ2v) is 5.38. The van der Waals surface area contributed by atoms with E-state index >= 15 is 0 Å². The second-order valence-electron chi connectivity index (χ2n) is 4.46. The van der Waals surface area contributed by atoms with Crippen LogP contribution in [0.25, 0.3) is 0 Å². The van der Waals surface area contributed by atoms with Crippen LogP contribution in [-0.2, 0) is 11.2 Å². The molecule has 1 aromatic heterocycles. The Bertz CT molecular complexity index is 537. The van der Waals surface area contributed by atoms with Crippen LogP contribution in [0.4, 0.5) is 0 Å². The van der Waals surface area contributed by atoms with E-state index in [1.165, 1.54) is 6.26 Å². The molecule has 0 spiro atoms. The maximum Gasteiger partial charge on any atom is 0.220 e. The van der Waals surface area contributed by atoms with Crippen molar-refractivity contribution in [2.45, 2.75) is 18.9 Å². The van der Waals surface area contributed by atoms with Crippen LogP contribution in [0.2, 0.25) is 0 Å². The molecule has 0 fully saturated rings. The average molecular weight is 338 g/mol. The van der Waals surface area contributed by atoms with Gasteiger partial charge in [0.2, 0.25) is 5.91 Å². The number of rotatable bonds is 6. The van der Waals surface area contributed by atoms with E-state index in [0.717, 1.165) is 10.0 Å². The normalized spacial score (nSPS) is 12.1. The zero-order valence-corrected chi connectivity index (χ0v) is 12.5. The van der Waals surface area contributed by atoms with Crippen LogP contribution >= 0.6 is 15.9 Å². The molecule has 0 aliphatic carbocycles. The largest absolute Gasteiger partial charge is 0.467 e. The number of furan rings is 1. The van der Waals surface area contributed by atoms with Gasteiger partial charge in [0.15, 0.2) is 0 Å². The third-order valence-corrected chi connectivity index (χ3v) is 3.45. The molecule has 0 radical (unpaired) electrons. The molecule has 0 aliphatic heterocycles. The van der Waals surface area contributed by atoms with E-state index in [-0.39, 0.29) is 12.5 Å². The van der Waals surface area contributed by atoms with E-state index in [1.54, 1.807) is 12.1 Å². The highest BCUT2D eigenvalue weighted by molar-refractivity contribution is 9.10. The first-order valence-corrected chi connectivity index (χ1v) is 7.17. The summed E-state index contributed by atoms with van der Waals surface area (Å²) in [6.07, 6.45) is 1.76. The molecule has 0 saturated heterocycles. The average Bonchev–Trinajstić information content (AvgIpc) is 2.98. The number of hydrogen-bond acceptors (Lipinski definition) is 3. The van der Waals surface area contributed by atoms with Crippen LogP contribution in [0.5, 0.6) is 0 Å². The number of benzene rings is 1. The Balaban J connectivity index is 1.71. The van der Waals surface area contributed by atoms with E-state index in [4.69, 9.17) is 4.42 Å². The summed E-state index contributed by atoms with van der Waals surface area (Å²) < 4.78 is 6.08. The number of hydrogen-bond donors (Lipinski definition) is 2. The molecule has 1 heterocycles. The molecule has 1 amide bonds. The molecule has 4 nitrogen and oxygen atoms in total. The zero-order valence-electron chi connectivity index (χ0n) is 10.9. The van der Waals surface area contributed by atoms with E-state index < -0.39 is 6.10 Å². The van der Waals surface area contributed by atoms with Gasteiger partial charge in [-0.3, -0.25) is 4.79 Å². The molecule has 1 aromatic carbocycles. The summed E-state index contributed by atoms with van der Waals surface area (Å²) in [5.74, 6) is 0.372. The number of aryl methyl sites for hydroxylation is 1. The van der Waals surface area contributed by atoms with Crippen molar-refractivity contribution in [2.24, 2.45) is 0 Å². The fourth-order valence-corrected chi connectivity index (χ4v) is 2.05. The summed E-state index contributed by atoms with van der Waals surface area (Å²) >= 11 is 3.37. The summed E-state index contributed by atoms with van der Waals surface area (Å²) in [6, 6.07) is 11.2. The molecule has 20 heavy (non-hydrogen) atoms. The molecule has 2 N–H and O–H groups in total. The third-order valence-electron chi connectivity index (χ3n) is 2.92. The van der Waals surface area contributed by atoms with Gasteiger partial charge in [-0.15, -0.1) is 0 Å². The smallest absolute Gasteiger partial charge is 0.220 e. The number of carbonyl (C=O) groups excluding carboxylic acids is 1. The molecule has 1 atom stereocenters. The molecule has 0 unspecified atom stereocenters. The molecule has 106 valence electrons. The molecular weight excluding hydrogens is 322 g/mol. The summed E-state index contributed by atoms with van der Waals surface area (Å²) in [6.45, 7) is 0.159. The second kappa shape index (κ2) is 7.26. The Labute approximate surface area is 125 Å². The lowest BCUT2D eigenvalue weighted by Crippen LogP contribution is -2.28. The van der Waals surface area contributed by atoms with Gasteiger partial charge in [0, 0.05) is 10.9 Å². The molecule has 0 aliphatic rings. The maximum absolute atomic E-state index is 11.7. The summed E-state index contributed by atoms with van der Waals surface area (Å²) in [7, 11) is 0. The Hall–Kier alpha value is -1.59. The Morgan fingerprint density at radius 2 is 2.05 bits per heavy atom. The minimum atomic E-state index is -0.804. The van der Waals surface area contributed by atoms with Gasteiger partial charge < -0.3 is 14.8 Å². The minimum Gasteiger partial charge on any atom is -0.467 e. The van der Waals surface area contributed by atoms with E-state index in [9.17, 15) is 9.90 Å². The quantitative estimate of drug-likeness (QED) is 0.851.